The van der Waals surface area contributed by atoms with E-state index in [1.165, 1.54) is 0 Å². The summed E-state index contributed by atoms with van der Waals surface area (Å²) >= 11 is 1.58. The molecule has 0 radical (unpaired) electrons. The van der Waals surface area contributed by atoms with Crippen LogP contribution in [-0.4, -0.2) is 42.0 Å². The zero-order valence-corrected chi connectivity index (χ0v) is 12.8. The van der Waals surface area contributed by atoms with E-state index in [0.29, 0.717) is 5.69 Å². The second kappa shape index (κ2) is 5.73. The largest absolute Gasteiger partial charge is 0.396 e. The number of carbonyl (C=O) groups is 1. The zero-order chi connectivity index (χ0) is 14.8. The van der Waals surface area contributed by atoms with E-state index >= 15 is 0 Å². The molecule has 110 valence electrons. The van der Waals surface area contributed by atoms with Gasteiger partial charge in [-0.25, -0.2) is 0 Å². The molecule has 3 heterocycles. The molecule has 0 unspecified atom stereocenters. The summed E-state index contributed by atoms with van der Waals surface area (Å²) in [6.07, 6.45) is 3.42. The second-order valence-corrected chi connectivity index (χ2v) is 5.93. The maximum atomic E-state index is 12.5. The summed E-state index contributed by atoms with van der Waals surface area (Å²) in [5, 5.41) is 3.95. The highest BCUT2D eigenvalue weighted by Gasteiger charge is 2.24. The van der Waals surface area contributed by atoms with Gasteiger partial charge in [-0.15, -0.1) is 0 Å². The molecule has 2 N–H and O–H groups in total. The Balaban J connectivity index is 1.67. The molecule has 5 nitrogen and oxygen atoms in total. The van der Waals surface area contributed by atoms with Crippen LogP contribution in [0.25, 0.3) is 0 Å². The Morgan fingerprint density at radius 3 is 2.67 bits per heavy atom. The van der Waals surface area contributed by atoms with Crippen LogP contribution in [0, 0.1) is 6.92 Å². The van der Waals surface area contributed by atoms with Crippen molar-refractivity contribution >= 4 is 28.6 Å². The molecule has 0 spiro atoms. The number of thiophene rings is 1. The predicted molar refractivity (Wildman–Crippen MR) is 85.8 cm³/mol. The summed E-state index contributed by atoms with van der Waals surface area (Å²) in [6.45, 7) is 5.01. The van der Waals surface area contributed by atoms with E-state index in [0.717, 1.165) is 43.0 Å². The van der Waals surface area contributed by atoms with Gasteiger partial charge in [-0.05, 0) is 23.9 Å². The maximum absolute atomic E-state index is 12.5. The van der Waals surface area contributed by atoms with Gasteiger partial charge >= 0.3 is 0 Å². The molecular formula is C15H18N4OS. The summed E-state index contributed by atoms with van der Waals surface area (Å²) in [7, 11) is 0. The number of amides is 1. The van der Waals surface area contributed by atoms with Gasteiger partial charge in [-0.1, -0.05) is 0 Å². The molecular weight excluding hydrogens is 284 g/mol. The molecule has 0 aliphatic carbocycles. The van der Waals surface area contributed by atoms with Gasteiger partial charge in [0.05, 0.1) is 23.1 Å². The Bertz CT molecular complexity index is 647. The third-order valence-corrected chi connectivity index (χ3v) is 4.68. The number of carbonyl (C=O) groups excluding carboxylic acids is 1. The molecule has 21 heavy (non-hydrogen) atoms. The molecule has 2 aromatic rings. The van der Waals surface area contributed by atoms with Crippen LogP contribution in [-0.2, 0) is 0 Å². The Morgan fingerprint density at radius 1 is 1.29 bits per heavy atom. The summed E-state index contributed by atoms with van der Waals surface area (Å²) < 4.78 is 0. The van der Waals surface area contributed by atoms with Crippen molar-refractivity contribution < 1.29 is 4.79 Å². The topological polar surface area (TPSA) is 62.5 Å². The highest BCUT2D eigenvalue weighted by atomic mass is 32.1. The first-order valence-corrected chi connectivity index (χ1v) is 7.87. The van der Waals surface area contributed by atoms with Gasteiger partial charge in [-0.2, -0.15) is 11.3 Å². The van der Waals surface area contributed by atoms with Gasteiger partial charge in [0.25, 0.3) is 5.91 Å². The molecule has 0 saturated carbocycles. The monoisotopic (exact) mass is 302 g/mol. The fourth-order valence-corrected chi connectivity index (χ4v) is 3.41. The molecule has 1 aliphatic heterocycles. The molecule has 0 aromatic carbocycles. The smallest absolute Gasteiger partial charge is 0.255 e. The summed E-state index contributed by atoms with van der Waals surface area (Å²) in [4.78, 5) is 20.6. The van der Waals surface area contributed by atoms with E-state index in [1.807, 2.05) is 28.7 Å². The van der Waals surface area contributed by atoms with Crippen molar-refractivity contribution in [2.45, 2.75) is 6.92 Å². The van der Waals surface area contributed by atoms with Crippen LogP contribution in [0.15, 0.2) is 29.2 Å². The average molecular weight is 302 g/mol. The first-order chi connectivity index (χ1) is 10.2. The van der Waals surface area contributed by atoms with Gasteiger partial charge in [0, 0.05) is 37.8 Å². The van der Waals surface area contributed by atoms with E-state index in [-0.39, 0.29) is 5.91 Å². The molecule has 1 saturated heterocycles. The van der Waals surface area contributed by atoms with Gasteiger partial charge in [0.1, 0.15) is 0 Å². The average Bonchev–Trinajstić information content (AvgIpc) is 2.93. The first kappa shape index (κ1) is 13.9. The van der Waals surface area contributed by atoms with E-state index in [9.17, 15) is 4.79 Å². The molecule has 2 aromatic heterocycles. The quantitative estimate of drug-likeness (QED) is 0.921. The van der Waals surface area contributed by atoms with Crippen molar-refractivity contribution in [1.29, 1.82) is 0 Å². The Labute approximate surface area is 128 Å². The predicted octanol–water partition coefficient (Wildman–Crippen LogP) is 2.00. The van der Waals surface area contributed by atoms with E-state index < -0.39 is 0 Å². The number of nitrogens with two attached hydrogens (primary N) is 1. The lowest BCUT2D eigenvalue weighted by atomic mass is 10.1. The van der Waals surface area contributed by atoms with Crippen LogP contribution in [0.5, 0.6) is 0 Å². The Kier molecular flexibility index (Phi) is 3.79. The minimum Gasteiger partial charge on any atom is -0.396 e. The molecule has 6 heteroatoms. The third kappa shape index (κ3) is 2.71. The number of anilines is 2. The summed E-state index contributed by atoms with van der Waals surface area (Å²) in [5.41, 5.74) is 9.54. The second-order valence-electron chi connectivity index (χ2n) is 5.18. The van der Waals surface area contributed by atoms with Crippen molar-refractivity contribution in [3.63, 3.8) is 0 Å². The number of aryl methyl sites for hydroxylation is 1. The molecule has 1 amide bonds. The number of piperazine rings is 1. The third-order valence-electron chi connectivity index (χ3n) is 3.82. The fraction of sp³-hybridized carbons (Fsp3) is 0.333. The van der Waals surface area contributed by atoms with Crippen LogP contribution >= 0.6 is 11.3 Å². The molecule has 0 atom stereocenters. The minimum atomic E-state index is 0.135. The normalized spacial score (nSPS) is 15.3. The lowest BCUT2D eigenvalue weighted by Crippen LogP contribution is -2.49. The van der Waals surface area contributed by atoms with Crippen LogP contribution in [0.2, 0.25) is 0 Å². The van der Waals surface area contributed by atoms with Crippen LogP contribution < -0.4 is 10.6 Å². The van der Waals surface area contributed by atoms with Crippen molar-refractivity contribution in [3.05, 3.63) is 40.3 Å². The van der Waals surface area contributed by atoms with Crippen molar-refractivity contribution in [2.75, 3.05) is 36.8 Å². The fourth-order valence-electron chi connectivity index (χ4n) is 2.59. The highest BCUT2D eigenvalue weighted by Crippen LogP contribution is 2.23. The lowest BCUT2D eigenvalue weighted by molar-refractivity contribution is 0.0746. The number of rotatable bonds is 2. The van der Waals surface area contributed by atoms with E-state index in [1.54, 1.807) is 23.7 Å². The number of nitrogens with zero attached hydrogens (tertiary/aromatic N) is 3. The molecule has 0 bridgehead atoms. The summed E-state index contributed by atoms with van der Waals surface area (Å²) in [5.74, 6) is 0.135. The number of nitrogen functional groups attached to an aromatic ring is 1. The van der Waals surface area contributed by atoms with Crippen LogP contribution in [0.4, 0.5) is 11.4 Å². The minimum absolute atomic E-state index is 0.135. The number of hydrogen-bond donors (Lipinski definition) is 1. The standard InChI is InChI=1S/C15H18N4OS/c1-11-9-21-10-12(11)15(20)19-6-4-18(5-7-19)14-2-3-17-8-13(14)16/h2-3,8-10H,4-7,16H2,1H3. The van der Waals surface area contributed by atoms with E-state index in [4.69, 9.17) is 5.73 Å². The van der Waals surface area contributed by atoms with Crippen LogP contribution in [0.3, 0.4) is 0 Å². The molecule has 1 aliphatic rings. The van der Waals surface area contributed by atoms with Crippen molar-refractivity contribution in [3.8, 4) is 0 Å². The maximum Gasteiger partial charge on any atom is 0.255 e. The first-order valence-electron chi connectivity index (χ1n) is 6.93. The molecule has 3 rings (SSSR count). The van der Waals surface area contributed by atoms with E-state index in [2.05, 4.69) is 9.88 Å². The van der Waals surface area contributed by atoms with Crippen LogP contribution in [0.1, 0.15) is 15.9 Å². The Morgan fingerprint density at radius 2 is 2.05 bits per heavy atom. The van der Waals surface area contributed by atoms with Gasteiger partial charge in [0.15, 0.2) is 0 Å². The van der Waals surface area contributed by atoms with Gasteiger partial charge in [0.2, 0.25) is 0 Å². The molecule has 1 fully saturated rings. The van der Waals surface area contributed by atoms with Gasteiger partial charge < -0.3 is 15.5 Å². The van der Waals surface area contributed by atoms with Gasteiger partial charge in [-0.3, -0.25) is 9.78 Å². The van der Waals surface area contributed by atoms with Crippen molar-refractivity contribution in [1.82, 2.24) is 9.88 Å². The summed E-state index contributed by atoms with van der Waals surface area (Å²) in [6, 6.07) is 1.93. The lowest BCUT2D eigenvalue weighted by Gasteiger charge is -2.36. The highest BCUT2D eigenvalue weighted by molar-refractivity contribution is 7.08. The van der Waals surface area contributed by atoms with Crippen molar-refractivity contribution in [2.24, 2.45) is 0 Å². The number of pyridine rings is 1. The Hall–Kier alpha value is -2.08. The number of aromatic nitrogens is 1. The number of hydrogen-bond acceptors (Lipinski definition) is 5. The zero-order valence-electron chi connectivity index (χ0n) is 12.0. The SMILES string of the molecule is Cc1cscc1C(=O)N1CCN(c2ccncc2N)CC1.